The highest BCUT2D eigenvalue weighted by atomic mass is 35.5. The fraction of sp³-hybridized carbons (Fsp3) is 0.500. The molecule has 0 aromatic heterocycles. The predicted molar refractivity (Wildman–Crippen MR) is 100 cm³/mol. The molecule has 1 aromatic carbocycles. The summed E-state index contributed by atoms with van der Waals surface area (Å²) in [4.78, 5) is 35.4. The van der Waals surface area contributed by atoms with Crippen LogP contribution in [0.4, 0.5) is 4.79 Å². The number of hydrogen-bond donors (Lipinski definition) is 2. The fourth-order valence-corrected chi connectivity index (χ4v) is 2.43. The number of imide groups is 1. The topological polar surface area (TPSA) is 117 Å². The van der Waals surface area contributed by atoms with Gasteiger partial charge in [0, 0.05) is 0 Å². The summed E-state index contributed by atoms with van der Waals surface area (Å²) in [5.74, 6) is -1.35. The average molecular weight is 401 g/mol. The van der Waals surface area contributed by atoms with Crippen molar-refractivity contribution in [2.45, 2.75) is 40.2 Å². The number of carbonyl (C=O) groups is 3. The van der Waals surface area contributed by atoms with E-state index in [0.29, 0.717) is 24.7 Å². The first kappa shape index (κ1) is 22.6. The Kier molecular flexibility index (Phi) is 8.87. The zero-order valence-electron chi connectivity index (χ0n) is 15.8. The van der Waals surface area contributed by atoms with Crippen molar-refractivity contribution in [1.29, 1.82) is 0 Å². The minimum Gasteiger partial charge on any atom is -0.490 e. The molecule has 3 amide bonds. The molecule has 1 rings (SSSR count). The largest absolute Gasteiger partial charge is 0.490 e. The fourth-order valence-electron chi connectivity index (χ4n) is 2.16. The monoisotopic (exact) mass is 400 g/mol. The summed E-state index contributed by atoms with van der Waals surface area (Å²) in [5, 5.41) is 2.09. The number of primary amides is 1. The van der Waals surface area contributed by atoms with Crippen LogP contribution in [-0.4, -0.2) is 37.2 Å². The molecule has 0 aliphatic heterocycles. The summed E-state index contributed by atoms with van der Waals surface area (Å²) >= 11 is 6.23. The lowest BCUT2D eigenvalue weighted by molar-refractivity contribution is -0.130. The molecule has 0 fully saturated rings. The van der Waals surface area contributed by atoms with E-state index in [1.165, 1.54) is 12.1 Å². The van der Waals surface area contributed by atoms with E-state index >= 15 is 0 Å². The van der Waals surface area contributed by atoms with E-state index in [0.717, 1.165) is 6.42 Å². The number of ether oxygens (including phenoxy) is 3. The highest BCUT2D eigenvalue weighted by molar-refractivity contribution is 6.32. The Morgan fingerprint density at radius 3 is 2.37 bits per heavy atom. The highest BCUT2D eigenvalue weighted by Gasteiger charge is 2.28. The van der Waals surface area contributed by atoms with Gasteiger partial charge in [-0.1, -0.05) is 32.4 Å². The molecule has 0 saturated heterocycles. The van der Waals surface area contributed by atoms with E-state index in [9.17, 15) is 14.4 Å². The molecule has 0 spiro atoms. The SMILES string of the molecule is CCCOc1c(Cl)cc(C(=O)O[C@H](C(=O)NC(N)=O)C(C)C)cc1OCC. The van der Waals surface area contributed by atoms with E-state index in [1.54, 1.807) is 20.8 Å². The number of nitrogens with one attached hydrogen (secondary N) is 1. The van der Waals surface area contributed by atoms with Crippen molar-refractivity contribution in [1.82, 2.24) is 5.32 Å². The van der Waals surface area contributed by atoms with Crippen LogP contribution in [0, 0.1) is 5.92 Å². The van der Waals surface area contributed by atoms with Gasteiger partial charge in [0.15, 0.2) is 17.6 Å². The van der Waals surface area contributed by atoms with Crippen LogP contribution in [0.2, 0.25) is 5.02 Å². The van der Waals surface area contributed by atoms with Gasteiger partial charge in [-0.05, 0) is 31.4 Å². The van der Waals surface area contributed by atoms with Crippen LogP contribution in [0.1, 0.15) is 44.5 Å². The van der Waals surface area contributed by atoms with E-state index in [2.05, 4.69) is 0 Å². The minimum absolute atomic E-state index is 0.0878. The van der Waals surface area contributed by atoms with Crippen molar-refractivity contribution >= 4 is 29.5 Å². The maximum absolute atomic E-state index is 12.5. The Labute approximate surface area is 163 Å². The number of urea groups is 1. The second kappa shape index (κ2) is 10.6. The van der Waals surface area contributed by atoms with E-state index < -0.39 is 24.0 Å². The molecule has 0 radical (unpaired) electrons. The first-order valence-electron chi connectivity index (χ1n) is 8.61. The van der Waals surface area contributed by atoms with Gasteiger partial charge in [0.1, 0.15) is 0 Å². The molecule has 8 nitrogen and oxygen atoms in total. The standard InChI is InChI=1S/C18H25ClN2O6/c1-5-7-26-15-12(19)8-11(9-13(15)25-6-2)17(23)27-14(10(3)4)16(22)21-18(20)24/h8-10,14H,5-7H2,1-4H3,(H3,20,21,22,24)/t14-/m0/s1. The maximum atomic E-state index is 12.5. The van der Waals surface area contributed by atoms with Crippen molar-refractivity contribution in [2.24, 2.45) is 11.7 Å². The molecule has 0 heterocycles. The average Bonchev–Trinajstić information content (AvgIpc) is 2.57. The highest BCUT2D eigenvalue weighted by Crippen LogP contribution is 2.37. The van der Waals surface area contributed by atoms with Crippen LogP contribution in [0.25, 0.3) is 0 Å². The van der Waals surface area contributed by atoms with Gasteiger partial charge < -0.3 is 19.9 Å². The zero-order valence-corrected chi connectivity index (χ0v) is 16.6. The lowest BCUT2D eigenvalue weighted by Gasteiger charge is -2.20. The molecule has 0 bridgehead atoms. The van der Waals surface area contributed by atoms with Crippen LogP contribution in [-0.2, 0) is 9.53 Å². The third kappa shape index (κ3) is 6.63. The molecule has 1 aromatic rings. The summed E-state index contributed by atoms with van der Waals surface area (Å²) in [6, 6.07) is 1.79. The Bertz CT molecular complexity index is 693. The Morgan fingerprint density at radius 1 is 1.19 bits per heavy atom. The molecular formula is C18H25ClN2O6. The molecule has 3 N–H and O–H groups in total. The number of amides is 3. The van der Waals surface area contributed by atoms with Crippen LogP contribution >= 0.6 is 11.6 Å². The molecule has 0 aliphatic carbocycles. The van der Waals surface area contributed by atoms with Crippen LogP contribution in [0.3, 0.4) is 0 Å². The predicted octanol–water partition coefficient (Wildman–Crippen LogP) is 2.90. The zero-order chi connectivity index (χ0) is 20.6. The lowest BCUT2D eigenvalue weighted by Crippen LogP contribution is -2.45. The number of nitrogens with two attached hydrogens (primary N) is 1. The minimum atomic E-state index is -1.20. The first-order valence-corrected chi connectivity index (χ1v) is 8.99. The molecule has 27 heavy (non-hydrogen) atoms. The van der Waals surface area contributed by atoms with Crippen molar-refractivity contribution in [3.8, 4) is 11.5 Å². The summed E-state index contributed by atoms with van der Waals surface area (Å²) in [5.41, 5.74) is 5.03. The van der Waals surface area contributed by atoms with Gasteiger partial charge in [0.25, 0.3) is 5.91 Å². The van der Waals surface area contributed by atoms with Gasteiger partial charge in [-0.2, -0.15) is 0 Å². The van der Waals surface area contributed by atoms with Crippen LogP contribution < -0.4 is 20.5 Å². The maximum Gasteiger partial charge on any atom is 0.339 e. The van der Waals surface area contributed by atoms with E-state index in [4.69, 9.17) is 31.5 Å². The second-order valence-corrected chi connectivity index (χ2v) is 6.40. The smallest absolute Gasteiger partial charge is 0.339 e. The van der Waals surface area contributed by atoms with E-state index in [1.807, 2.05) is 12.2 Å². The van der Waals surface area contributed by atoms with Crippen LogP contribution in [0.15, 0.2) is 12.1 Å². The summed E-state index contributed by atoms with van der Waals surface area (Å²) in [7, 11) is 0. The lowest BCUT2D eigenvalue weighted by atomic mass is 10.1. The van der Waals surface area contributed by atoms with Gasteiger partial charge in [0.2, 0.25) is 0 Å². The number of esters is 1. The Balaban J connectivity index is 3.10. The molecule has 1 atom stereocenters. The summed E-state index contributed by atoms with van der Waals surface area (Å²) < 4.78 is 16.3. The molecular weight excluding hydrogens is 376 g/mol. The second-order valence-electron chi connectivity index (χ2n) is 5.99. The van der Waals surface area contributed by atoms with Gasteiger partial charge in [-0.25, -0.2) is 9.59 Å². The third-order valence-corrected chi connectivity index (χ3v) is 3.62. The van der Waals surface area contributed by atoms with Crippen LogP contribution in [0.5, 0.6) is 11.5 Å². The number of halogens is 1. The molecule has 0 saturated carbocycles. The summed E-state index contributed by atoms with van der Waals surface area (Å²) in [6.07, 6.45) is -0.424. The van der Waals surface area contributed by atoms with E-state index in [-0.39, 0.29) is 16.5 Å². The number of hydrogen-bond acceptors (Lipinski definition) is 6. The molecule has 0 unspecified atom stereocenters. The Hall–Kier alpha value is -2.48. The quantitative estimate of drug-likeness (QED) is 0.615. The van der Waals surface area contributed by atoms with Crippen molar-refractivity contribution in [2.75, 3.05) is 13.2 Å². The third-order valence-electron chi connectivity index (χ3n) is 3.34. The summed E-state index contributed by atoms with van der Waals surface area (Å²) in [6.45, 7) is 7.84. The van der Waals surface area contributed by atoms with Crippen molar-refractivity contribution < 1.29 is 28.6 Å². The van der Waals surface area contributed by atoms with Crippen molar-refractivity contribution in [3.63, 3.8) is 0 Å². The number of rotatable bonds is 9. The van der Waals surface area contributed by atoms with Gasteiger partial charge in [-0.15, -0.1) is 0 Å². The number of benzene rings is 1. The number of carbonyl (C=O) groups excluding carboxylic acids is 3. The molecule has 0 aliphatic rings. The first-order chi connectivity index (χ1) is 12.7. The molecule has 9 heteroatoms. The molecule has 150 valence electrons. The van der Waals surface area contributed by atoms with Crippen molar-refractivity contribution in [3.05, 3.63) is 22.7 Å². The van der Waals surface area contributed by atoms with Gasteiger partial charge >= 0.3 is 12.0 Å². The Morgan fingerprint density at radius 2 is 1.85 bits per heavy atom. The van der Waals surface area contributed by atoms with Gasteiger partial charge in [0.05, 0.1) is 23.8 Å². The van der Waals surface area contributed by atoms with Gasteiger partial charge in [-0.3, -0.25) is 10.1 Å². The normalized spacial score (nSPS) is 11.6.